The Morgan fingerprint density at radius 3 is 2.62 bits per heavy atom. The normalized spacial score (nSPS) is 48.8. The average molecular weight is 288 g/mol. The predicted octanol–water partition coefficient (Wildman–Crippen LogP) is 5.11. The van der Waals surface area contributed by atoms with Crippen LogP contribution < -0.4 is 0 Å². The first-order valence-electron chi connectivity index (χ1n) is 8.75. The fraction of sp³-hybridized carbons (Fsp3) is 0.800. The Balaban J connectivity index is 2.02. The maximum atomic E-state index is 11.0. The molecule has 3 rings (SSSR count). The third kappa shape index (κ3) is 2.23. The molecule has 0 aromatic heterocycles. The summed E-state index contributed by atoms with van der Waals surface area (Å²) >= 11 is 0. The van der Waals surface area contributed by atoms with Crippen molar-refractivity contribution in [3.05, 3.63) is 24.3 Å². The Hall–Kier alpha value is -0.560. The summed E-state index contributed by atoms with van der Waals surface area (Å²) in [7, 11) is 0. The fourth-order valence-electron chi connectivity index (χ4n) is 6.19. The minimum Gasteiger partial charge on any atom is -0.392 e. The summed E-state index contributed by atoms with van der Waals surface area (Å²) in [5.74, 6) is 1.13. The molecule has 0 amide bonds. The first kappa shape index (κ1) is 15.3. The largest absolute Gasteiger partial charge is 0.392 e. The van der Waals surface area contributed by atoms with E-state index >= 15 is 0 Å². The average Bonchev–Trinajstić information content (AvgIpc) is 2.36. The monoisotopic (exact) mass is 288 g/mol. The second-order valence-electron chi connectivity index (χ2n) is 9.12. The number of aliphatic hydroxyl groups is 1. The minimum absolute atomic E-state index is 0.0152. The van der Waals surface area contributed by atoms with E-state index in [9.17, 15) is 5.11 Å². The van der Waals surface area contributed by atoms with Crippen LogP contribution in [0.4, 0.5) is 0 Å². The predicted molar refractivity (Wildman–Crippen MR) is 89.0 cm³/mol. The molecule has 0 radical (unpaired) electrons. The van der Waals surface area contributed by atoms with E-state index in [1.54, 1.807) is 0 Å². The zero-order chi connectivity index (χ0) is 15.5. The molecular weight excluding hydrogens is 256 g/mol. The molecule has 0 aromatic carbocycles. The minimum atomic E-state index is -0.199. The van der Waals surface area contributed by atoms with Gasteiger partial charge in [-0.1, -0.05) is 51.8 Å². The van der Waals surface area contributed by atoms with Gasteiger partial charge in [-0.2, -0.15) is 0 Å². The quantitative estimate of drug-likeness (QED) is 0.665. The molecular formula is C20H32O. The molecule has 3 aliphatic rings. The topological polar surface area (TPSA) is 20.2 Å². The van der Waals surface area contributed by atoms with Crippen LogP contribution in [0.1, 0.15) is 66.2 Å². The lowest BCUT2D eigenvalue weighted by Crippen LogP contribution is -2.54. The molecule has 2 saturated carbocycles. The fourth-order valence-corrected chi connectivity index (χ4v) is 6.19. The SMILES string of the molecule is C=C[C@@]1(C)C=C2CC[C@H]3C(C)(C)CCC[C@]3(C)[C@H]2[C@H](O)C1. The smallest absolute Gasteiger partial charge is 0.0622 e. The Kier molecular flexibility index (Phi) is 3.44. The van der Waals surface area contributed by atoms with Gasteiger partial charge in [-0.3, -0.25) is 0 Å². The second kappa shape index (κ2) is 4.72. The number of aliphatic hydroxyl groups excluding tert-OH is 1. The molecule has 1 nitrogen and oxygen atoms in total. The maximum absolute atomic E-state index is 11.0. The van der Waals surface area contributed by atoms with Gasteiger partial charge >= 0.3 is 0 Å². The summed E-state index contributed by atoms with van der Waals surface area (Å²) in [5.41, 5.74) is 2.22. The molecule has 5 atom stereocenters. The summed E-state index contributed by atoms with van der Waals surface area (Å²) in [6.07, 6.45) is 11.5. The molecule has 1 N–H and O–H groups in total. The summed E-state index contributed by atoms with van der Waals surface area (Å²) < 4.78 is 0. The van der Waals surface area contributed by atoms with Crippen molar-refractivity contribution in [2.24, 2.45) is 28.1 Å². The Labute approximate surface area is 130 Å². The lowest BCUT2D eigenvalue weighted by molar-refractivity contribution is -0.0980. The van der Waals surface area contributed by atoms with Crippen molar-refractivity contribution in [2.75, 3.05) is 0 Å². The van der Waals surface area contributed by atoms with Crippen LogP contribution in [-0.2, 0) is 0 Å². The van der Waals surface area contributed by atoms with Gasteiger partial charge in [-0.15, -0.1) is 6.58 Å². The zero-order valence-electron chi connectivity index (χ0n) is 14.3. The summed E-state index contributed by atoms with van der Waals surface area (Å²) in [5, 5.41) is 11.0. The van der Waals surface area contributed by atoms with Crippen LogP contribution in [0.3, 0.4) is 0 Å². The number of allylic oxidation sites excluding steroid dienone is 2. The highest BCUT2D eigenvalue weighted by molar-refractivity contribution is 5.28. The van der Waals surface area contributed by atoms with Crippen molar-refractivity contribution in [1.82, 2.24) is 0 Å². The van der Waals surface area contributed by atoms with Crippen molar-refractivity contribution in [3.63, 3.8) is 0 Å². The van der Waals surface area contributed by atoms with Crippen molar-refractivity contribution < 1.29 is 5.11 Å². The Morgan fingerprint density at radius 2 is 1.95 bits per heavy atom. The zero-order valence-corrected chi connectivity index (χ0v) is 14.3. The Bertz CT molecular complexity index is 474. The van der Waals surface area contributed by atoms with Gasteiger partial charge in [-0.05, 0) is 48.9 Å². The van der Waals surface area contributed by atoms with Gasteiger partial charge < -0.3 is 5.11 Å². The molecule has 0 unspecified atom stereocenters. The molecule has 0 heterocycles. The van der Waals surface area contributed by atoms with Crippen LogP contribution in [0, 0.1) is 28.1 Å². The molecule has 1 heteroatoms. The van der Waals surface area contributed by atoms with E-state index < -0.39 is 0 Å². The number of rotatable bonds is 1. The van der Waals surface area contributed by atoms with E-state index in [4.69, 9.17) is 0 Å². The van der Waals surface area contributed by atoms with Gasteiger partial charge in [0, 0.05) is 11.3 Å². The maximum Gasteiger partial charge on any atom is 0.0622 e. The van der Waals surface area contributed by atoms with Crippen molar-refractivity contribution in [3.8, 4) is 0 Å². The van der Waals surface area contributed by atoms with Crippen LogP contribution in [0.2, 0.25) is 0 Å². The van der Waals surface area contributed by atoms with E-state index in [0.29, 0.717) is 11.3 Å². The molecule has 0 spiro atoms. The van der Waals surface area contributed by atoms with Crippen LogP contribution in [0.15, 0.2) is 24.3 Å². The van der Waals surface area contributed by atoms with Gasteiger partial charge in [0.15, 0.2) is 0 Å². The lowest BCUT2D eigenvalue weighted by atomic mass is 9.45. The highest BCUT2D eigenvalue weighted by atomic mass is 16.3. The number of hydrogen-bond donors (Lipinski definition) is 1. The van der Waals surface area contributed by atoms with Gasteiger partial charge in [0.05, 0.1) is 6.10 Å². The van der Waals surface area contributed by atoms with E-state index in [1.165, 1.54) is 37.7 Å². The first-order valence-corrected chi connectivity index (χ1v) is 8.75. The van der Waals surface area contributed by atoms with Crippen molar-refractivity contribution in [2.45, 2.75) is 72.3 Å². The van der Waals surface area contributed by atoms with E-state index in [1.807, 2.05) is 6.08 Å². The van der Waals surface area contributed by atoms with Crippen molar-refractivity contribution >= 4 is 0 Å². The standard InChI is InChI=1S/C20H32O/c1-6-19(4)12-14-8-9-16-18(2,3)10-7-11-20(16,5)17(14)15(21)13-19/h6,12,15-17,21H,1,7-11,13H2,2-5H3/t15-,16+,17-,19+,20+/m1/s1. The highest BCUT2D eigenvalue weighted by Crippen LogP contribution is 2.63. The summed E-state index contributed by atoms with van der Waals surface area (Å²) in [6, 6.07) is 0. The van der Waals surface area contributed by atoms with Gasteiger partial charge in [-0.25, -0.2) is 0 Å². The van der Waals surface area contributed by atoms with Crippen LogP contribution >= 0.6 is 0 Å². The van der Waals surface area contributed by atoms with Gasteiger partial charge in [0.25, 0.3) is 0 Å². The highest BCUT2D eigenvalue weighted by Gasteiger charge is 2.56. The molecule has 0 saturated heterocycles. The summed E-state index contributed by atoms with van der Waals surface area (Å²) in [6.45, 7) is 13.6. The number of fused-ring (bicyclic) bond motifs is 3. The van der Waals surface area contributed by atoms with Gasteiger partial charge in [0.1, 0.15) is 0 Å². The van der Waals surface area contributed by atoms with Gasteiger partial charge in [0.2, 0.25) is 0 Å². The molecule has 2 fully saturated rings. The molecule has 118 valence electrons. The number of hydrogen-bond acceptors (Lipinski definition) is 1. The third-order valence-corrected chi connectivity index (χ3v) is 7.12. The molecule has 3 aliphatic carbocycles. The third-order valence-electron chi connectivity index (χ3n) is 7.12. The van der Waals surface area contributed by atoms with Crippen LogP contribution in [0.5, 0.6) is 0 Å². The van der Waals surface area contributed by atoms with Crippen LogP contribution in [-0.4, -0.2) is 11.2 Å². The van der Waals surface area contributed by atoms with E-state index in [2.05, 4.69) is 40.3 Å². The lowest BCUT2D eigenvalue weighted by Gasteiger charge is -2.60. The van der Waals surface area contributed by atoms with E-state index in [0.717, 1.165) is 12.3 Å². The molecule has 0 aromatic rings. The van der Waals surface area contributed by atoms with Crippen LogP contribution in [0.25, 0.3) is 0 Å². The second-order valence-corrected chi connectivity index (χ2v) is 9.12. The van der Waals surface area contributed by atoms with E-state index in [-0.39, 0.29) is 16.9 Å². The van der Waals surface area contributed by atoms with Crippen molar-refractivity contribution in [1.29, 1.82) is 0 Å². The Morgan fingerprint density at radius 1 is 1.24 bits per heavy atom. The molecule has 0 bridgehead atoms. The summed E-state index contributed by atoms with van der Waals surface area (Å²) in [4.78, 5) is 0. The molecule has 0 aliphatic heterocycles. The first-order chi connectivity index (χ1) is 9.72. The molecule has 21 heavy (non-hydrogen) atoms.